The number of nitrogens with two attached hydrogens (primary N) is 2. The minimum Gasteiger partial charge on any atom is -0.478 e. The molecule has 6 aromatic carbocycles. The molecule has 0 saturated heterocycles. The van der Waals surface area contributed by atoms with Gasteiger partial charge >= 0.3 is 30.1 Å². The van der Waals surface area contributed by atoms with Gasteiger partial charge in [0.2, 0.25) is 11.2 Å². The zero-order chi connectivity index (χ0) is 65.9. The lowest BCUT2D eigenvalue weighted by Gasteiger charge is -2.20. The number of carbonyl (C=O) groups is 5. The third-order valence-corrected chi connectivity index (χ3v) is 14.3. The maximum absolute atomic E-state index is 13.1. The highest BCUT2D eigenvalue weighted by Crippen LogP contribution is 2.28. The van der Waals surface area contributed by atoms with Crippen LogP contribution in [0.4, 0.5) is 30.8 Å². The Labute approximate surface area is 515 Å². The molecule has 1 amide bonds. The number of nitrogen functional groups attached to an aromatic ring is 1. The number of rotatable bonds is 11. The van der Waals surface area contributed by atoms with Crippen molar-refractivity contribution < 1.29 is 74.0 Å². The molecule has 89 heavy (non-hydrogen) atoms. The second kappa shape index (κ2) is 28.4. The number of benzene rings is 6. The van der Waals surface area contributed by atoms with E-state index in [0.717, 1.165) is 11.8 Å². The molecule has 0 bridgehead atoms. The number of H-pyrrole nitrogens is 2. The van der Waals surface area contributed by atoms with Gasteiger partial charge < -0.3 is 52.1 Å². The largest absolute Gasteiger partial charge is 0.490 e. The fourth-order valence-electron chi connectivity index (χ4n) is 7.54. The van der Waals surface area contributed by atoms with E-state index < -0.39 is 61.2 Å². The fourth-order valence-corrected chi connectivity index (χ4v) is 9.17. The number of esters is 1. The summed E-state index contributed by atoms with van der Waals surface area (Å²) in [7, 11) is -6.53. The SMILES string of the molecule is CC(C)(C)OC(=O)c1cccc2c(C(=O)O)cccc12.CS(=O)(=O)c1ccc2nc(CN)[nH]c2c1.CS(=O)(=O)c1ccc2nc(CNc3nnc(Cl)c(NC(=O)c4cccc5c(C(=O)O)cccc45)n3)[nH]c2c1.Nc1nc(Cl)nnc1Cl.O=C(O)C(F)(F)F. The van der Waals surface area contributed by atoms with Crippen LogP contribution in [0.25, 0.3) is 43.6 Å². The van der Waals surface area contributed by atoms with E-state index in [1.807, 2.05) is 0 Å². The van der Waals surface area contributed by atoms with Gasteiger partial charge in [0.25, 0.3) is 5.91 Å². The third kappa shape index (κ3) is 18.6. The van der Waals surface area contributed by atoms with Crippen molar-refractivity contribution in [2.75, 3.05) is 28.9 Å². The standard InChI is InChI=1S/C24H18ClN7O5S.C16H16O4.C9H11N3O2S.C3H2Cl2N4.C2HF3O2/c1-38(36,37)12-8-9-17-18(10-12)28-19(27-17)11-26-24-30-21(20(25)31-32-24)29-22(33)15-6-2-5-14-13(15)4-3-7-16(14)23(34)35;1-16(2,3)20-15(19)13-9-5-6-10-11(13)7-4-8-12(10)14(17)18;1-15(13,14)6-2-3-7-8(4-6)12-9(5-10)11-7;4-1-2(6)7-3(5)9-8-1;3-2(4,5)1(6)7/h2-10H,11H2,1H3,(H,27,28)(H,34,35)(H2,26,29,30,32,33);4-9H,1-3H3,(H,17,18);2-4H,5,10H2,1H3,(H,11,12);(H2,6,7,9);(H,6,7). The van der Waals surface area contributed by atoms with Crippen molar-refractivity contribution in [2.24, 2.45) is 5.73 Å². The highest BCUT2D eigenvalue weighted by atomic mass is 35.5. The second-order valence-electron chi connectivity index (χ2n) is 19.1. The van der Waals surface area contributed by atoms with E-state index in [0.29, 0.717) is 61.9 Å². The van der Waals surface area contributed by atoms with Crippen LogP contribution in [0.1, 0.15) is 73.9 Å². The average Bonchev–Trinajstić information content (AvgIpc) is 1.38. The highest BCUT2D eigenvalue weighted by molar-refractivity contribution is 7.91. The fraction of sp³-hybridized carbons (Fsp3) is 0.167. The summed E-state index contributed by atoms with van der Waals surface area (Å²) in [6.07, 6.45) is -2.78. The first kappa shape index (κ1) is 68.4. The van der Waals surface area contributed by atoms with E-state index >= 15 is 0 Å². The van der Waals surface area contributed by atoms with E-state index in [9.17, 15) is 59.4 Å². The summed E-state index contributed by atoms with van der Waals surface area (Å²) in [5.41, 5.74) is 13.4. The molecule has 0 atom stereocenters. The molecule has 4 aromatic heterocycles. The lowest BCUT2D eigenvalue weighted by molar-refractivity contribution is -0.192. The minimum absolute atomic E-state index is 0.00287. The Morgan fingerprint density at radius 3 is 1.48 bits per heavy atom. The van der Waals surface area contributed by atoms with Crippen LogP contribution in [-0.4, -0.2) is 137 Å². The molecule has 0 aliphatic carbocycles. The lowest BCUT2D eigenvalue weighted by atomic mass is 9.99. The zero-order valence-electron chi connectivity index (χ0n) is 46.5. The van der Waals surface area contributed by atoms with Crippen molar-refractivity contribution in [3.63, 3.8) is 0 Å². The number of imidazole rings is 2. The Balaban J connectivity index is 0.000000205. The topological polar surface area (TPSA) is 434 Å². The Morgan fingerprint density at radius 1 is 0.607 bits per heavy atom. The molecule has 0 fully saturated rings. The third-order valence-electron chi connectivity index (χ3n) is 11.4. The van der Waals surface area contributed by atoms with Gasteiger partial charge in [-0.2, -0.15) is 23.1 Å². The summed E-state index contributed by atoms with van der Waals surface area (Å²) in [5, 5.41) is 47.6. The van der Waals surface area contributed by atoms with E-state index in [1.54, 1.807) is 106 Å². The monoisotopic (exact) mass is 1330 g/mol. The second-order valence-corrected chi connectivity index (χ2v) is 24.2. The predicted octanol–water partition coefficient (Wildman–Crippen LogP) is 8.83. The van der Waals surface area contributed by atoms with Gasteiger partial charge in [0, 0.05) is 18.1 Å². The number of fused-ring (bicyclic) bond motifs is 4. The van der Waals surface area contributed by atoms with E-state index in [-0.39, 0.29) is 66.2 Å². The van der Waals surface area contributed by atoms with Crippen LogP contribution in [0.15, 0.2) is 119 Å². The first-order valence-corrected chi connectivity index (χ1v) is 29.8. The van der Waals surface area contributed by atoms with Gasteiger partial charge in [-0.15, -0.1) is 20.4 Å². The molecule has 0 saturated carbocycles. The molecular weight excluding hydrogens is 1280 g/mol. The molecule has 10 aromatic rings. The van der Waals surface area contributed by atoms with Crippen molar-refractivity contribution in [3.05, 3.63) is 159 Å². The summed E-state index contributed by atoms with van der Waals surface area (Å²) in [6, 6.07) is 28.6. The molecule has 0 unspecified atom stereocenters. The summed E-state index contributed by atoms with van der Waals surface area (Å²) in [5.74, 6) is -4.67. The Hall–Kier alpha value is -9.73. The minimum atomic E-state index is -5.08. The predicted molar refractivity (Wildman–Crippen MR) is 321 cm³/mol. The van der Waals surface area contributed by atoms with Crippen LogP contribution in [0.3, 0.4) is 0 Å². The number of aromatic amines is 2. The number of nitrogens with one attached hydrogen (secondary N) is 4. The number of hydrogen-bond donors (Lipinski definition) is 9. The Bertz CT molecular complexity index is 4590. The number of nitrogens with zero attached hydrogens (tertiary/aromatic N) is 8. The van der Waals surface area contributed by atoms with Crippen molar-refractivity contribution in [1.82, 2.24) is 50.3 Å². The number of alkyl halides is 3. The normalized spacial score (nSPS) is 11.4. The number of ether oxygens (including phenoxy) is 1. The van der Waals surface area contributed by atoms with Crippen molar-refractivity contribution in [1.29, 1.82) is 0 Å². The maximum Gasteiger partial charge on any atom is 0.490 e. The van der Waals surface area contributed by atoms with Crippen LogP contribution in [0.2, 0.25) is 15.6 Å². The van der Waals surface area contributed by atoms with E-state index in [2.05, 4.69) is 60.9 Å². The number of amides is 1. The molecule has 0 aliphatic heterocycles. The molecule has 35 heteroatoms. The molecule has 0 aliphatic rings. The molecule has 466 valence electrons. The molecule has 10 rings (SSSR count). The number of halogens is 6. The number of carboxylic acids is 3. The Morgan fingerprint density at radius 2 is 1.04 bits per heavy atom. The van der Waals surface area contributed by atoms with Crippen LogP contribution < -0.4 is 22.1 Å². The van der Waals surface area contributed by atoms with Gasteiger partial charge in [0.05, 0.1) is 61.6 Å². The van der Waals surface area contributed by atoms with Crippen molar-refractivity contribution in [3.8, 4) is 0 Å². The first-order chi connectivity index (χ1) is 41.5. The number of sulfone groups is 2. The van der Waals surface area contributed by atoms with Crippen LogP contribution in [-0.2, 0) is 42.3 Å². The lowest BCUT2D eigenvalue weighted by Crippen LogP contribution is -2.24. The summed E-state index contributed by atoms with van der Waals surface area (Å²) >= 11 is 16.8. The van der Waals surface area contributed by atoms with Gasteiger partial charge in [-0.3, -0.25) is 4.79 Å². The zero-order valence-corrected chi connectivity index (χ0v) is 50.4. The molecular formula is C54H48Cl3F3N14O13S2. The summed E-state index contributed by atoms with van der Waals surface area (Å²) in [6.45, 7) is 5.82. The number of carbonyl (C=O) groups excluding carboxylic acids is 2. The number of carboxylic acid groups (broad SMARTS) is 3. The van der Waals surface area contributed by atoms with Crippen molar-refractivity contribution in [2.45, 2.75) is 55.4 Å². The average molecular weight is 1330 g/mol. The van der Waals surface area contributed by atoms with Gasteiger partial charge in [0.1, 0.15) is 17.2 Å². The highest BCUT2D eigenvalue weighted by Gasteiger charge is 2.38. The number of aliphatic carboxylic acids is 1. The van der Waals surface area contributed by atoms with Crippen LogP contribution >= 0.6 is 34.8 Å². The number of anilines is 3. The van der Waals surface area contributed by atoms with Crippen LogP contribution in [0.5, 0.6) is 0 Å². The van der Waals surface area contributed by atoms with E-state index in [1.165, 1.54) is 30.5 Å². The smallest absolute Gasteiger partial charge is 0.478 e. The molecule has 4 heterocycles. The summed E-state index contributed by atoms with van der Waals surface area (Å²) < 4.78 is 83.3. The number of hydrogen-bond acceptors (Lipinski definition) is 21. The summed E-state index contributed by atoms with van der Waals surface area (Å²) in [4.78, 5) is 79.7. The Kier molecular flexibility index (Phi) is 21.8. The number of aromatic nitrogens is 10. The van der Waals surface area contributed by atoms with Crippen LogP contribution in [0, 0.1) is 0 Å². The first-order valence-electron chi connectivity index (χ1n) is 24.9. The molecule has 11 N–H and O–H groups in total. The molecule has 27 nitrogen and oxygen atoms in total. The number of aromatic carboxylic acids is 2. The van der Waals surface area contributed by atoms with Crippen molar-refractivity contribution >= 4 is 145 Å². The quantitative estimate of drug-likeness (QED) is 0.0546. The molecule has 0 radical (unpaired) electrons. The van der Waals surface area contributed by atoms with Gasteiger partial charge in [-0.1, -0.05) is 71.7 Å². The van der Waals surface area contributed by atoms with E-state index in [4.69, 9.17) is 60.9 Å². The van der Waals surface area contributed by atoms with Gasteiger partial charge in [-0.05, 0) is 115 Å². The maximum atomic E-state index is 13.1. The van der Waals surface area contributed by atoms with Gasteiger partial charge in [-0.25, -0.2) is 46.0 Å². The molecule has 0 spiro atoms. The van der Waals surface area contributed by atoms with Gasteiger partial charge in [0.15, 0.2) is 41.6 Å².